The number of rotatable bonds is 6. The molecule has 2 aromatic rings. The summed E-state index contributed by atoms with van der Waals surface area (Å²) in [6.07, 6.45) is 0. The molecule has 3 nitrogen and oxygen atoms in total. The highest BCUT2D eigenvalue weighted by Gasteiger charge is 2.19. The van der Waals surface area contributed by atoms with E-state index in [0.717, 1.165) is 0 Å². The van der Waals surface area contributed by atoms with E-state index in [-0.39, 0.29) is 21.8 Å². The topological polar surface area (TPSA) is 35.5 Å². The van der Waals surface area contributed by atoms with Crippen LogP contribution in [0.1, 0.15) is 13.8 Å². The molecule has 0 aromatic heterocycles. The van der Waals surface area contributed by atoms with E-state index in [1.165, 1.54) is 30.3 Å². The lowest BCUT2D eigenvalue weighted by atomic mass is 10.1. The van der Waals surface area contributed by atoms with Gasteiger partial charge in [0.2, 0.25) is 0 Å². The van der Waals surface area contributed by atoms with Crippen LogP contribution in [0.15, 0.2) is 35.2 Å². The predicted octanol–water partition coefficient (Wildman–Crippen LogP) is 5.32. The van der Waals surface area contributed by atoms with Crippen molar-refractivity contribution < 1.29 is 31.8 Å². The van der Waals surface area contributed by atoms with Crippen LogP contribution in [0.2, 0.25) is 0 Å². The molecule has 0 N–H and O–H groups in total. The number of hydrogen-bond acceptors (Lipinski definition) is 4. The van der Waals surface area contributed by atoms with Crippen LogP contribution in [0.25, 0.3) is 10.8 Å². The first-order valence-electron chi connectivity index (χ1n) is 6.96. The molecule has 0 aliphatic heterocycles. The van der Waals surface area contributed by atoms with Gasteiger partial charge in [0.1, 0.15) is 0 Å². The summed E-state index contributed by atoms with van der Waals surface area (Å²) in [6, 6.07) is 6.97. The van der Waals surface area contributed by atoms with Crippen molar-refractivity contribution >= 4 is 28.5 Å². The van der Waals surface area contributed by atoms with E-state index in [1.807, 2.05) is 0 Å². The minimum absolute atomic E-state index is 0.143. The highest BCUT2D eigenvalue weighted by atomic mass is 32.2. The number of alkyl halides is 4. The zero-order valence-electron chi connectivity index (χ0n) is 12.8. The zero-order chi connectivity index (χ0) is 17.9. The van der Waals surface area contributed by atoms with Crippen molar-refractivity contribution in [2.45, 2.75) is 31.1 Å². The Labute approximate surface area is 139 Å². The van der Waals surface area contributed by atoms with E-state index < -0.39 is 24.3 Å². The number of ether oxygens (including phenoxy) is 2. The van der Waals surface area contributed by atoms with Crippen molar-refractivity contribution in [3.63, 3.8) is 0 Å². The lowest BCUT2D eigenvalue weighted by Gasteiger charge is -2.15. The smallest absolute Gasteiger partial charge is 0.387 e. The SMILES string of the molecule is CC(C)C(=O)Oc1ccc2cc(SC(F)F)ccc2c1OC(F)F. The Bertz CT molecular complexity index is 735. The number of carbonyl (C=O) groups is 1. The molecular weight excluding hydrogens is 348 g/mol. The van der Waals surface area contributed by atoms with Crippen molar-refractivity contribution in [3.8, 4) is 11.5 Å². The molecule has 0 spiro atoms. The van der Waals surface area contributed by atoms with Crippen molar-refractivity contribution in [1.82, 2.24) is 0 Å². The Hall–Kier alpha value is -1.96. The summed E-state index contributed by atoms with van der Waals surface area (Å²) in [5, 5.41) is 0.656. The summed E-state index contributed by atoms with van der Waals surface area (Å²) in [6.45, 7) is 0.0811. The third-order valence-electron chi connectivity index (χ3n) is 3.02. The first kappa shape index (κ1) is 18.4. The van der Waals surface area contributed by atoms with Crippen LogP contribution in [0.3, 0.4) is 0 Å². The second kappa shape index (κ2) is 7.74. The van der Waals surface area contributed by atoms with Crippen LogP contribution in [-0.2, 0) is 4.79 Å². The second-order valence-electron chi connectivity index (χ2n) is 5.11. The molecule has 8 heteroatoms. The Morgan fingerprint density at radius 1 is 1.08 bits per heavy atom. The average molecular weight is 362 g/mol. The molecule has 0 fully saturated rings. The largest absolute Gasteiger partial charge is 0.430 e. The van der Waals surface area contributed by atoms with Crippen molar-refractivity contribution in [2.75, 3.05) is 0 Å². The Morgan fingerprint density at radius 3 is 2.38 bits per heavy atom. The van der Waals surface area contributed by atoms with Crippen molar-refractivity contribution in [3.05, 3.63) is 30.3 Å². The van der Waals surface area contributed by atoms with Gasteiger partial charge in [-0.2, -0.15) is 17.6 Å². The zero-order valence-corrected chi connectivity index (χ0v) is 13.6. The number of fused-ring (bicyclic) bond motifs is 1. The molecule has 0 atom stereocenters. The highest BCUT2D eigenvalue weighted by Crippen LogP contribution is 2.39. The summed E-state index contributed by atoms with van der Waals surface area (Å²) >= 11 is 0.344. The van der Waals surface area contributed by atoms with Gasteiger partial charge in [-0.3, -0.25) is 4.79 Å². The Balaban J connectivity index is 2.49. The fourth-order valence-electron chi connectivity index (χ4n) is 1.95. The van der Waals surface area contributed by atoms with Crippen LogP contribution < -0.4 is 9.47 Å². The van der Waals surface area contributed by atoms with E-state index in [2.05, 4.69) is 4.74 Å². The molecule has 24 heavy (non-hydrogen) atoms. The van der Waals surface area contributed by atoms with Crippen LogP contribution >= 0.6 is 11.8 Å². The Kier molecular flexibility index (Phi) is 5.93. The van der Waals surface area contributed by atoms with Crippen LogP contribution in [0.5, 0.6) is 11.5 Å². The third-order valence-corrected chi connectivity index (χ3v) is 3.72. The molecule has 0 unspecified atom stereocenters. The number of carbonyl (C=O) groups excluding carboxylic acids is 1. The normalized spacial score (nSPS) is 11.5. The fraction of sp³-hybridized carbons (Fsp3) is 0.312. The number of benzene rings is 2. The lowest BCUT2D eigenvalue weighted by Crippen LogP contribution is -2.16. The van der Waals surface area contributed by atoms with Gasteiger partial charge >= 0.3 is 12.6 Å². The molecule has 2 rings (SSSR count). The molecule has 0 saturated heterocycles. The van der Waals surface area contributed by atoms with Gasteiger partial charge in [0, 0.05) is 10.3 Å². The van der Waals surface area contributed by atoms with Crippen molar-refractivity contribution in [2.24, 2.45) is 5.92 Å². The molecule has 0 bridgehead atoms. The molecule has 0 radical (unpaired) electrons. The number of thioether (sulfide) groups is 1. The van der Waals surface area contributed by atoms with Gasteiger partial charge in [-0.05, 0) is 29.7 Å². The van der Waals surface area contributed by atoms with E-state index in [1.54, 1.807) is 13.8 Å². The molecular formula is C16H14F4O3S. The number of esters is 1. The van der Waals surface area contributed by atoms with Crippen molar-refractivity contribution in [1.29, 1.82) is 0 Å². The third kappa shape index (κ3) is 4.53. The number of halogens is 4. The van der Waals surface area contributed by atoms with E-state index >= 15 is 0 Å². The minimum Gasteiger partial charge on any atom is -0.430 e. The van der Waals surface area contributed by atoms with E-state index in [9.17, 15) is 22.4 Å². The van der Waals surface area contributed by atoms with Gasteiger partial charge in [-0.1, -0.05) is 31.7 Å². The predicted molar refractivity (Wildman–Crippen MR) is 82.9 cm³/mol. The highest BCUT2D eigenvalue weighted by molar-refractivity contribution is 7.99. The monoisotopic (exact) mass is 362 g/mol. The maximum Gasteiger partial charge on any atom is 0.387 e. The second-order valence-corrected chi connectivity index (χ2v) is 6.17. The summed E-state index contributed by atoms with van der Waals surface area (Å²) in [5.41, 5.74) is 0. The first-order valence-corrected chi connectivity index (χ1v) is 7.84. The fourth-order valence-corrected chi connectivity index (χ4v) is 2.50. The summed E-state index contributed by atoms with van der Waals surface area (Å²) in [7, 11) is 0. The van der Waals surface area contributed by atoms with Gasteiger partial charge in [-0.25, -0.2) is 0 Å². The first-order chi connectivity index (χ1) is 11.3. The molecule has 0 saturated carbocycles. The van der Waals surface area contributed by atoms with Crippen LogP contribution in [0, 0.1) is 5.92 Å². The van der Waals surface area contributed by atoms with Gasteiger partial charge in [-0.15, -0.1) is 0 Å². The van der Waals surface area contributed by atoms with E-state index in [0.29, 0.717) is 17.1 Å². The van der Waals surface area contributed by atoms with Crippen LogP contribution in [0.4, 0.5) is 17.6 Å². The summed E-state index contributed by atoms with van der Waals surface area (Å²) < 4.78 is 59.9. The molecule has 0 heterocycles. The lowest BCUT2D eigenvalue weighted by molar-refractivity contribution is -0.138. The van der Waals surface area contributed by atoms with E-state index in [4.69, 9.17) is 4.74 Å². The Morgan fingerprint density at radius 2 is 1.79 bits per heavy atom. The quantitative estimate of drug-likeness (QED) is 0.302. The van der Waals surface area contributed by atoms with Gasteiger partial charge < -0.3 is 9.47 Å². The van der Waals surface area contributed by atoms with Crippen LogP contribution in [-0.4, -0.2) is 18.3 Å². The van der Waals surface area contributed by atoms with Gasteiger partial charge in [0.15, 0.2) is 11.5 Å². The minimum atomic E-state index is -3.12. The molecule has 0 amide bonds. The summed E-state index contributed by atoms with van der Waals surface area (Å²) in [5.74, 6) is -4.09. The van der Waals surface area contributed by atoms with Gasteiger partial charge in [0.25, 0.3) is 5.76 Å². The maximum atomic E-state index is 12.7. The summed E-state index contributed by atoms with van der Waals surface area (Å²) in [4.78, 5) is 12.0. The molecule has 0 aliphatic rings. The molecule has 130 valence electrons. The average Bonchev–Trinajstić information content (AvgIpc) is 2.48. The molecule has 2 aromatic carbocycles. The number of hydrogen-bond donors (Lipinski definition) is 0. The van der Waals surface area contributed by atoms with Gasteiger partial charge in [0.05, 0.1) is 5.92 Å². The maximum absolute atomic E-state index is 12.7. The standard InChI is InChI=1S/C16H14F4O3S/c1-8(2)14(21)22-12-6-3-9-7-10(24-16(19)20)4-5-11(9)13(12)23-15(17)18/h3-8,15-16H,1-2H3. The molecule has 0 aliphatic carbocycles.